The molecule has 1 aromatic rings. The number of carbonyl (C=O) groups is 2. The van der Waals surface area contributed by atoms with E-state index in [1.165, 1.54) is 6.07 Å². The van der Waals surface area contributed by atoms with Gasteiger partial charge in [0.05, 0.1) is 5.56 Å². The zero-order valence-electron chi connectivity index (χ0n) is 11.9. The second kappa shape index (κ2) is 6.93. The van der Waals surface area contributed by atoms with E-state index in [2.05, 4.69) is 33.5 Å². The van der Waals surface area contributed by atoms with Crippen LogP contribution in [-0.4, -0.2) is 23.1 Å². The fourth-order valence-corrected chi connectivity index (χ4v) is 2.94. The Labute approximate surface area is 132 Å². The first-order valence-electron chi connectivity index (χ1n) is 7.06. The lowest BCUT2D eigenvalue weighted by Crippen LogP contribution is -2.39. The predicted octanol–water partition coefficient (Wildman–Crippen LogP) is 3.85. The van der Waals surface area contributed by atoms with Crippen LogP contribution < -0.4 is 10.6 Å². The minimum atomic E-state index is -1.03. The van der Waals surface area contributed by atoms with Gasteiger partial charge in [0.15, 0.2) is 0 Å². The second-order valence-electron chi connectivity index (χ2n) is 5.56. The monoisotopic (exact) mass is 354 g/mol. The summed E-state index contributed by atoms with van der Waals surface area (Å²) >= 11 is 3.17. The molecule has 0 radical (unpaired) electrons. The molecule has 5 nitrogen and oxygen atoms in total. The number of carbonyl (C=O) groups excluding carboxylic acids is 1. The van der Waals surface area contributed by atoms with Gasteiger partial charge in [-0.2, -0.15) is 0 Å². The molecule has 0 unspecified atom stereocenters. The van der Waals surface area contributed by atoms with Crippen molar-refractivity contribution in [2.75, 3.05) is 5.32 Å². The third kappa shape index (κ3) is 4.46. The van der Waals surface area contributed by atoms with E-state index < -0.39 is 5.97 Å². The van der Waals surface area contributed by atoms with Crippen LogP contribution in [0.15, 0.2) is 22.7 Å². The van der Waals surface area contributed by atoms with E-state index in [0.29, 0.717) is 10.2 Å². The van der Waals surface area contributed by atoms with Gasteiger partial charge < -0.3 is 15.7 Å². The summed E-state index contributed by atoms with van der Waals surface area (Å²) < 4.78 is 0.488. The lowest BCUT2D eigenvalue weighted by atomic mass is 9.87. The maximum Gasteiger partial charge on any atom is 0.336 e. The van der Waals surface area contributed by atoms with Gasteiger partial charge >= 0.3 is 12.0 Å². The number of aromatic carboxylic acids is 1. The fraction of sp³-hybridized carbons (Fsp3) is 0.467. The van der Waals surface area contributed by atoms with E-state index in [1.54, 1.807) is 12.1 Å². The number of halogens is 1. The molecule has 0 aromatic heterocycles. The van der Waals surface area contributed by atoms with Crippen LogP contribution in [0.3, 0.4) is 0 Å². The van der Waals surface area contributed by atoms with Crippen molar-refractivity contribution in [3.05, 3.63) is 28.2 Å². The van der Waals surface area contributed by atoms with Gasteiger partial charge in [0, 0.05) is 16.2 Å². The van der Waals surface area contributed by atoms with Crippen LogP contribution in [0.25, 0.3) is 0 Å². The molecule has 1 saturated carbocycles. The minimum Gasteiger partial charge on any atom is -0.478 e. The molecule has 1 aromatic carbocycles. The molecule has 0 aliphatic heterocycles. The molecule has 1 aliphatic rings. The summed E-state index contributed by atoms with van der Waals surface area (Å²) in [7, 11) is 0. The van der Waals surface area contributed by atoms with Gasteiger partial charge in [0.2, 0.25) is 0 Å². The van der Waals surface area contributed by atoms with Crippen LogP contribution in [0.2, 0.25) is 0 Å². The van der Waals surface area contributed by atoms with Crippen molar-refractivity contribution >= 4 is 33.6 Å². The molecule has 1 fully saturated rings. The number of carboxylic acids is 1. The van der Waals surface area contributed by atoms with Crippen LogP contribution in [0, 0.1) is 5.92 Å². The Morgan fingerprint density at radius 3 is 2.52 bits per heavy atom. The van der Waals surface area contributed by atoms with E-state index in [1.807, 2.05) is 0 Å². The normalized spacial score (nSPS) is 21.6. The zero-order chi connectivity index (χ0) is 15.4. The largest absolute Gasteiger partial charge is 0.478 e. The van der Waals surface area contributed by atoms with E-state index in [9.17, 15) is 9.59 Å². The number of rotatable bonds is 3. The first-order valence-corrected chi connectivity index (χ1v) is 7.85. The average Bonchev–Trinajstić information content (AvgIpc) is 2.43. The maximum atomic E-state index is 11.9. The maximum absolute atomic E-state index is 11.9. The third-order valence-corrected chi connectivity index (χ3v) is 4.50. The van der Waals surface area contributed by atoms with Gasteiger partial charge in [-0.15, -0.1) is 0 Å². The quantitative estimate of drug-likeness (QED) is 0.771. The van der Waals surface area contributed by atoms with Crippen molar-refractivity contribution < 1.29 is 14.7 Å². The Bertz CT molecular complexity index is 540. The van der Waals surface area contributed by atoms with Gasteiger partial charge in [-0.3, -0.25) is 0 Å². The Morgan fingerprint density at radius 1 is 1.24 bits per heavy atom. The van der Waals surface area contributed by atoms with Crippen LogP contribution in [0.4, 0.5) is 10.5 Å². The molecule has 1 aliphatic carbocycles. The first kappa shape index (κ1) is 15.8. The molecule has 0 atom stereocenters. The van der Waals surface area contributed by atoms with Crippen LogP contribution in [0.1, 0.15) is 43.0 Å². The highest BCUT2D eigenvalue weighted by Gasteiger charge is 2.20. The summed E-state index contributed by atoms with van der Waals surface area (Å²) in [4.78, 5) is 23.0. The molecule has 21 heavy (non-hydrogen) atoms. The van der Waals surface area contributed by atoms with Gasteiger partial charge in [-0.05, 0) is 65.7 Å². The van der Waals surface area contributed by atoms with E-state index in [4.69, 9.17) is 5.11 Å². The zero-order valence-corrected chi connectivity index (χ0v) is 13.4. The van der Waals surface area contributed by atoms with Crippen molar-refractivity contribution in [2.45, 2.75) is 38.6 Å². The Kier molecular flexibility index (Phi) is 5.22. The van der Waals surface area contributed by atoms with Gasteiger partial charge in [-0.25, -0.2) is 9.59 Å². The van der Waals surface area contributed by atoms with Crippen molar-refractivity contribution in [1.82, 2.24) is 5.32 Å². The average molecular weight is 355 g/mol. The first-order chi connectivity index (χ1) is 9.95. The Morgan fingerprint density at radius 2 is 1.90 bits per heavy atom. The highest BCUT2D eigenvalue weighted by molar-refractivity contribution is 9.10. The number of hydrogen-bond donors (Lipinski definition) is 3. The number of hydrogen-bond acceptors (Lipinski definition) is 2. The van der Waals surface area contributed by atoms with Gasteiger partial charge in [0.1, 0.15) is 0 Å². The summed E-state index contributed by atoms with van der Waals surface area (Å²) in [6.07, 6.45) is 4.25. The lowest BCUT2D eigenvalue weighted by molar-refractivity contribution is 0.0696. The number of anilines is 1. The summed E-state index contributed by atoms with van der Waals surface area (Å²) in [6, 6.07) is 4.64. The molecule has 0 saturated heterocycles. The molecule has 2 rings (SSSR count). The number of urea groups is 1. The topological polar surface area (TPSA) is 78.4 Å². The number of amides is 2. The molecule has 0 bridgehead atoms. The van der Waals surface area contributed by atoms with Crippen molar-refractivity contribution in [2.24, 2.45) is 5.92 Å². The van der Waals surface area contributed by atoms with Crippen LogP contribution >= 0.6 is 15.9 Å². The SMILES string of the molecule is CC1CCC(NC(=O)Nc2ccc(Br)c(C(=O)O)c2)CC1. The molecule has 6 heteroatoms. The number of carboxylic acid groups (broad SMARTS) is 1. The van der Waals surface area contributed by atoms with Crippen LogP contribution in [-0.2, 0) is 0 Å². The molecule has 114 valence electrons. The number of benzene rings is 1. The third-order valence-electron chi connectivity index (χ3n) is 3.81. The highest BCUT2D eigenvalue weighted by atomic mass is 79.9. The van der Waals surface area contributed by atoms with Gasteiger partial charge in [0.25, 0.3) is 0 Å². The highest BCUT2D eigenvalue weighted by Crippen LogP contribution is 2.24. The van der Waals surface area contributed by atoms with E-state index in [0.717, 1.165) is 31.6 Å². The molecular formula is C15H19BrN2O3. The molecular weight excluding hydrogens is 336 g/mol. The van der Waals surface area contributed by atoms with Crippen LogP contribution in [0.5, 0.6) is 0 Å². The molecule has 0 heterocycles. The van der Waals surface area contributed by atoms with Crippen molar-refractivity contribution in [3.63, 3.8) is 0 Å². The van der Waals surface area contributed by atoms with Gasteiger partial charge in [-0.1, -0.05) is 6.92 Å². The van der Waals surface area contributed by atoms with E-state index >= 15 is 0 Å². The standard InChI is InChI=1S/C15H19BrN2O3/c1-9-2-4-10(5-3-9)17-15(21)18-11-6-7-13(16)12(8-11)14(19)20/h6-10H,2-5H2,1H3,(H,19,20)(H2,17,18,21). The molecule has 0 spiro atoms. The summed E-state index contributed by atoms with van der Waals surface area (Å²) in [5.41, 5.74) is 0.594. The lowest BCUT2D eigenvalue weighted by Gasteiger charge is -2.26. The second-order valence-corrected chi connectivity index (χ2v) is 6.41. The van der Waals surface area contributed by atoms with Crippen molar-refractivity contribution in [3.8, 4) is 0 Å². The smallest absolute Gasteiger partial charge is 0.336 e. The Balaban J connectivity index is 1.93. The molecule has 3 N–H and O–H groups in total. The fourth-order valence-electron chi connectivity index (χ4n) is 2.52. The molecule has 2 amide bonds. The van der Waals surface area contributed by atoms with E-state index in [-0.39, 0.29) is 17.6 Å². The minimum absolute atomic E-state index is 0.124. The number of nitrogens with one attached hydrogen (secondary N) is 2. The Hall–Kier alpha value is -1.56. The summed E-state index contributed by atoms with van der Waals surface area (Å²) in [6.45, 7) is 2.23. The predicted molar refractivity (Wildman–Crippen MR) is 84.7 cm³/mol. The van der Waals surface area contributed by atoms with Crippen molar-refractivity contribution in [1.29, 1.82) is 0 Å². The summed E-state index contributed by atoms with van der Waals surface area (Å²) in [5, 5.41) is 14.7. The summed E-state index contributed by atoms with van der Waals surface area (Å²) in [5.74, 6) is -0.303.